The monoisotopic (exact) mass is 454 g/mol. The summed E-state index contributed by atoms with van der Waals surface area (Å²) in [5.41, 5.74) is 1.03. The summed E-state index contributed by atoms with van der Waals surface area (Å²) < 4.78 is 26.9. The SMILES string of the molecule is CCN[C@H](C)CNC(=O)CN1CCN(S(=O)(=O)c2ccc(C)cc2)CC1.Cl.Cl. The lowest BCUT2D eigenvalue weighted by Crippen LogP contribution is -2.51. The zero-order chi connectivity index (χ0) is 19.2. The molecule has 1 saturated heterocycles. The number of nitrogens with zero attached hydrogens (tertiary/aromatic N) is 2. The van der Waals surface area contributed by atoms with Crippen molar-refractivity contribution < 1.29 is 13.2 Å². The Morgan fingerprint density at radius 2 is 1.68 bits per heavy atom. The van der Waals surface area contributed by atoms with Gasteiger partial charge < -0.3 is 10.6 Å². The predicted octanol–water partition coefficient (Wildman–Crippen LogP) is 1.26. The molecule has 2 rings (SSSR count). The summed E-state index contributed by atoms with van der Waals surface area (Å²) in [6.07, 6.45) is 0. The molecule has 1 atom stereocenters. The van der Waals surface area contributed by atoms with Gasteiger partial charge in [0.15, 0.2) is 0 Å². The van der Waals surface area contributed by atoms with Gasteiger partial charge in [-0.3, -0.25) is 9.69 Å². The summed E-state index contributed by atoms with van der Waals surface area (Å²) in [6, 6.07) is 7.15. The summed E-state index contributed by atoms with van der Waals surface area (Å²) in [6.45, 7) is 9.66. The Balaban J connectivity index is 0.00000364. The minimum absolute atomic E-state index is 0. The second-order valence-corrected chi connectivity index (χ2v) is 8.69. The number of amides is 1. The summed E-state index contributed by atoms with van der Waals surface area (Å²) in [5.74, 6) is -0.0235. The molecule has 1 amide bonds. The summed E-state index contributed by atoms with van der Waals surface area (Å²) >= 11 is 0. The normalized spacial score (nSPS) is 16.5. The van der Waals surface area contributed by atoms with Crippen molar-refractivity contribution in [2.75, 3.05) is 45.8 Å². The van der Waals surface area contributed by atoms with Gasteiger partial charge in [-0.15, -0.1) is 24.8 Å². The van der Waals surface area contributed by atoms with Crippen molar-refractivity contribution in [3.8, 4) is 0 Å². The molecule has 162 valence electrons. The van der Waals surface area contributed by atoms with Crippen LogP contribution in [0.1, 0.15) is 19.4 Å². The molecule has 1 aliphatic rings. The molecular weight excluding hydrogens is 423 g/mol. The third kappa shape index (κ3) is 7.85. The zero-order valence-corrected chi connectivity index (χ0v) is 19.1. The van der Waals surface area contributed by atoms with E-state index in [0.29, 0.717) is 44.2 Å². The number of halogens is 2. The molecule has 1 aromatic carbocycles. The van der Waals surface area contributed by atoms with Gasteiger partial charge in [-0.05, 0) is 32.5 Å². The standard InChI is InChI=1S/C18H30N4O3S.2ClH/c1-4-19-16(3)13-20-18(23)14-21-9-11-22(12-10-21)26(24,25)17-7-5-15(2)6-8-17;;/h5-8,16,19H,4,9-14H2,1-3H3,(H,20,23);2*1H/t16-;;/m1../s1. The van der Waals surface area contributed by atoms with Crippen molar-refractivity contribution in [1.82, 2.24) is 19.8 Å². The van der Waals surface area contributed by atoms with Crippen LogP contribution in [0.2, 0.25) is 0 Å². The molecule has 28 heavy (non-hydrogen) atoms. The molecule has 2 N–H and O–H groups in total. The molecule has 1 aliphatic heterocycles. The largest absolute Gasteiger partial charge is 0.353 e. The Morgan fingerprint density at radius 3 is 2.21 bits per heavy atom. The number of hydrogen-bond donors (Lipinski definition) is 2. The lowest BCUT2D eigenvalue weighted by Gasteiger charge is -2.33. The van der Waals surface area contributed by atoms with Gasteiger partial charge in [0.2, 0.25) is 15.9 Å². The number of benzene rings is 1. The van der Waals surface area contributed by atoms with E-state index in [-0.39, 0.29) is 36.8 Å². The summed E-state index contributed by atoms with van der Waals surface area (Å²) in [5, 5.41) is 6.16. The van der Waals surface area contributed by atoms with Gasteiger partial charge in [0.1, 0.15) is 0 Å². The van der Waals surface area contributed by atoms with Crippen LogP contribution in [0, 0.1) is 6.92 Å². The number of likely N-dealkylation sites (N-methyl/N-ethyl adjacent to an activating group) is 1. The molecule has 0 radical (unpaired) electrons. The van der Waals surface area contributed by atoms with Crippen LogP contribution in [0.15, 0.2) is 29.2 Å². The van der Waals surface area contributed by atoms with E-state index in [1.807, 2.05) is 37.8 Å². The first-order valence-corrected chi connectivity index (χ1v) is 10.6. The van der Waals surface area contributed by atoms with Gasteiger partial charge in [-0.1, -0.05) is 24.6 Å². The van der Waals surface area contributed by atoms with E-state index in [1.165, 1.54) is 4.31 Å². The summed E-state index contributed by atoms with van der Waals surface area (Å²) in [7, 11) is -3.46. The average molecular weight is 455 g/mol. The molecule has 7 nitrogen and oxygen atoms in total. The molecule has 0 unspecified atom stereocenters. The second-order valence-electron chi connectivity index (χ2n) is 6.76. The van der Waals surface area contributed by atoms with Gasteiger partial charge in [0, 0.05) is 38.8 Å². The number of carbonyl (C=O) groups is 1. The number of aryl methyl sites for hydroxylation is 1. The van der Waals surface area contributed by atoms with Crippen molar-refractivity contribution in [3.63, 3.8) is 0 Å². The van der Waals surface area contributed by atoms with Gasteiger partial charge in [-0.2, -0.15) is 4.31 Å². The van der Waals surface area contributed by atoms with Crippen molar-refractivity contribution >= 4 is 40.7 Å². The first-order valence-electron chi connectivity index (χ1n) is 9.12. The van der Waals surface area contributed by atoms with Crippen LogP contribution in [-0.4, -0.2) is 75.4 Å². The Hall–Kier alpha value is -0.900. The van der Waals surface area contributed by atoms with E-state index in [9.17, 15) is 13.2 Å². The molecule has 0 saturated carbocycles. The minimum atomic E-state index is -3.46. The molecule has 0 aromatic heterocycles. The molecule has 1 fully saturated rings. The summed E-state index contributed by atoms with van der Waals surface area (Å²) in [4.78, 5) is 14.4. The van der Waals surface area contributed by atoms with Gasteiger partial charge in [0.05, 0.1) is 11.4 Å². The Bertz CT molecular complexity index is 693. The van der Waals surface area contributed by atoms with E-state index < -0.39 is 10.0 Å². The number of rotatable bonds is 8. The highest BCUT2D eigenvalue weighted by Crippen LogP contribution is 2.18. The van der Waals surface area contributed by atoms with E-state index in [2.05, 4.69) is 10.6 Å². The van der Waals surface area contributed by atoms with Crippen molar-refractivity contribution in [2.45, 2.75) is 31.7 Å². The fourth-order valence-corrected chi connectivity index (χ4v) is 4.36. The fourth-order valence-electron chi connectivity index (χ4n) is 2.93. The third-order valence-electron chi connectivity index (χ3n) is 4.52. The number of hydrogen-bond acceptors (Lipinski definition) is 5. The highest BCUT2D eigenvalue weighted by molar-refractivity contribution is 7.89. The number of carbonyl (C=O) groups excluding carboxylic acids is 1. The van der Waals surface area contributed by atoms with E-state index in [1.54, 1.807) is 12.1 Å². The highest BCUT2D eigenvalue weighted by atomic mass is 35.5. The smallest absolute Gasteiger partial charge is 0.243 e. The van der Waals surface area contributed by atoms with Crippen LogP contribution < -0.4 is 10.6 Å². The van der Waals surface area contributed by atoms with Crippen LogP contribution >= 0.6 is 24.8 Å². The Kier molecular flexibility index (Phi) is 12.2. The maximum atomic E-state index is 12.7. The minimum Gasteiger partial charge on any atom is -0.353 e. The number of piperazine rings is 1. The first kappa shape index (κ1) is 27.1. The van der Waals surface area contributed by atoms with E-state index >= 15 is 0 Å². The second kappa shape index (κ2) is 12.6. The van der Waals surface area contributed by atoms with Crippen LogP contribution in [0.25, 0.3) is 0 Å². The van der Waals surface area contributed by atoms with Gasteiger partial charge in [0.25, 0.3) is 0 Å². The maximum absolute atomic E-state index is 12.7. The van der Waals surface area contributed by atoms with Crippen molar-refractivity contribution in [1.29, 1.82) is 0 Å². The predicted molar refractivity (Wildman–Crippen MR) is 117 cm³/mol. The molecule has 1 heterocycles. The van der Waals surface area contributed by atoms with Crippen LogP contribution in [0.3, 0.4) is 0 Å². The van der Waals surface area contributed by atoms with Crippen LogP contribution in [-0.2, 0) is 14.8 Å². The number of sulfonamides is 1. The lowest BCUT2D eigenvalue weighted by molar-refractivity contribution is -0.122. The molecule has 0 spiro atoms. The van der Waals surface area contributed by atoms with Gasteiger partial charge >= 0.3 is 0 Å². The molecule has 0 aliphatic carbocycles. The molecule has 0 bridgehead atoms. The zero-order valence-electron chi connectivity index (χ0n) is 16.7. The van der Waals surface area contributed by atoms with E-state index in [0.717, 1.165) is 12.1 Å². The van der Waals surface area contributed by atoms with Crippen LogP contribution in [0.4, 0.5) is 0 Å². The van der Waals surface area contributed by atoms with Crippen molar-refractivity contribution in [3.05, 3.63) is 29.8 Å². The Morgan fingerprint density at radius 1 is 1.11 bits per heavy atom. The molecule has 1 aromatic rings. The first-order chi connectivity index (χ1) is 12.3. The maximum Gasteiger partial charge on any atom is 0.243 e. The third-order valence-corrected chi connectivity index (χ3v) is 6.43. The fraction of sp³-hybridized carbons (Fsp3) is 0.611. The Labute approximate surface area is 181 Å². The molecular formula is C18H32Cl2N4O3S. The number of nitrogens with one attached hydrogen (secondary N) is 2. The average Bonchev–Trinajstić information content (AvgIpc) is 2.61. The van der Waals surface area contributed by atoms with Gasteiger partial charge in [-0.25, -0.2) is 8.42 Å². The topological polar surface area (TPSA) is 81.8 Å². The highest BCUT2D eigenvalue weighted by Gasteiger charge is 2.28. The quantitative estimate of drug-likeness (QED) is 0.617. The molecule has 10 heteroatoms. The lowest BCUT2D eigenvalue weighted by atomic mass is 10.2. The van der Waals surface area contributed by atoms with Crippen molar-refractivity contribution in [2.24, 2.45) is 0 Å². The van der Waals surface area contributed by atoms with Crippen LogP contribution in [0.5, 0.6) is 0 Å². The van der Waals surface area contributed by atoms with E-state index in [4.69, 9.17) is 0 Å².